The van der Waals surface area contributed by atoms with Crippen LogP contribution >= 0.6 is 0 Å². The highest BCUT2D eigenvalue weighted by atomic mass is 16.5. The second-order valence-electron chi connectivity index (χ2n) is 12.7. The molecule has 5 amide bonds. The second kappa shape index (κ2) is 18.1. The number of para-hydroxylation sites is 3. The van der Waals surface area contributed by atoms with Gasteiger partial charge in [0.1, 0.15) is 31.2 Å². The van der Waals surface area contributed by atoms with Gasteiger partial charge in [0.15, 0.2) is 6.61 Å². The first-order valence-electron chi connectivity index (χ1n) is 17.2. The van der Waals surface area contributed by atoms with Crippen LogP contribution < -0.4 is 34.8 Å². The number of carbonyl (C=O) groups is 4. The maximum Gasteiger partial charge on any atom is 0.329 e. The Kier molecular flexibility index (Phi) is 12.9. The molecule has 5 aromatic carbocycles. The number of carbonyl (C=O) groups excluding carboxylic acids is 4. The van der Waals surface area contributed by atoms with Gasteiger partial charge in [-0.2, -0.15) is 0 Å². The first-order valence-corrected chi connectivity index (χ1v) is 17.2. The highest BCUT2D eigenvalue weighted by Gasteiger charge is 2.29. The molecule has 0 saturated heterocycles. The molecule has 12 heteroatoms. The average molecular weight is 729 g/mol. The Bertz CT molecular complexity index is 2060. The third-order valence-corrected chi connectivity index (χ3v) is 8.46. The van der Waals surface area contributed by atoms with E-state index in [2.05, 4.69) is 0 Å². The molecule has 0 atom stereocenters. The van der Waals surface area contributed by atoms with Crippen molar-refractivity contribution in [3.05, 3.63) is 139 Å². The molecule has 0 aliphatic carbocycles. The average Bonchev–Trinajstić information content (AvgIpc) is 3.19. The van der Waals surface area contributed by atoms with Crippen molar-refractivity contribution in [2.45, 2.75) is 6.61 Å². The van der Waals surface area contributed by atoms with Gasteiger partial charge < -0.3 is 29.9 Å². The van der Waals surface area contributed by atoms with Gasteiger partial charge in [-0.25, -0.2) is 4.79 Å². The summed E-state index contributed by atoms with van der Waals surface area (Å²) in [6.45, 7) is -0.913. The molecule has 5 rings (SSSR count). The van der Waals surface area contributed by atoms with E-state index in [4.69, 9.17) is 15.2 Å². The zero-order valence-corrected chi connectivity index (χ0v) is 30.8. The molecule has 0 unspecified atom stereocenters. The lowest BCUT2D eigenvalue weighted by molar-refractivity contribution is -0.122. The van der Waals surface area contributed by atoms with Gasteiger partial charge in [0, 0.05) is 45.6 Å². The van der Waals surface area contributed by atoms with Gasteiger partial charge in [-0.05, 0) is 60.2 Å². The third-order valence-electron chi connectivity index (χ3n) is 8.46. The minimum absolute atomic E-state index is 0.170. The summed E-state index contributed by atoms with van der Waals surface area (Å²) < 4.78 is 11.8. The molecule has 0 spiro atoms. The van der Waals surface area contributed by atoms with Crippen molar-refractivity contribution in [2.75, 3.05) is 67.5 Å². The van der Waals surface area contributed by atoms with E-state index in [1.807, 2.05) is 85.7 Å². The molecular weight excluding hydrogens is 684 g/mol. The molecule has 12 nitrogen and oxygen atoms in total. The van der Waals surface area contributed by atoms with Gasteiger partial charge in [-0.15, -0.1) is 0 Å². The summed E-state index contributed by atoms with van der Waals surface area (Å²) in [4.78, 5) is 61.6. The van der Waals surface area contributed by atoms with E-state index >= 15 is 0 Å². The summed E-state index contributed by atoms with van der Waals surface area (Å²) in [5, 5.41) is 0. The molecule has 0 radical (unpaired) electrons. The molecule has 0 aliphatic rings. The third kappa shape index (κ3) is 9.94. The van der Waals surface area contributed by atoms with E-state index in [1.54, 1.807) is 73.8 Å². The van der Waals surface area contributed by atoms with Crippen LogP contribution in [0.5, 0.6) is 11.5 Å². The van der Waals surface area contributed by atoms with E-state index in [-0.39, 0.29) is 11.4 Å². The minimum Gasteiger partial charge on any atom is -0.489 e. The molecule has 0 aromatic heterocycles. The topological polar surface area (TPSA) is 129 Å². The lowest BCUT2D eigenvalue weighted by Gasteiger charge is -2.31. The number of hydrogen-bond acceptors (Lipinski definition) is 7. The standard InChI is InChI=1S/C42H44N6O6/c1-44(2)33-19-13-20-34(25-33)48(35-21-14-22-36(26-35)53-29-31-15-7-5-8-16-31)42(52)45(3)27-41(51)47(28-40(50)46(4)32-17-9-6-10-18-32)37-23-11-12-24-38(37)54-30-39(43)49/h5-26H,27-30H2,1-4H3,(H2,43,49). The molecule has 0 fully saturated rings. The maximum atomic E-state index is 14.5. The Morgan fingerprint density at radius 1 is 0.593 bits per heavy atom. The zero-order valence-electron chi connectivity index (χ0n) is 30.8. The number of rotatable bonds is 15. The largest absolute Gasteiger partial charge is 0.489 e. The summed E-state index contributed by atoms with van der Waals surface area (Å²) in [5.74, 6) is -0.957. The predicted octanol–water partition coefficient (Wildman–Crippen LogP) is 6.08. The Morgan fingerprint density at radius 3 is 1.87 bits per heavy atom. The van der Waals surface area contributed by atoms with Gasteiger partial charge in [-0.1, -0.05) is 72.8 Å². The predicted molar refractivity (Wildman–Crippen MR) is 211 cm³/mol. The van der Waals surface area contributed by atoms with Crippen molar-refractivity contribution in [1.29, 1.82) is 0 Å². The Balaban J connectivity index is 1.46. The molecule has 54 heavy (non-hydrogen) atoms. The number of anilines is 5. The van der Waals surface area contributed by atoms with Crippen molar-refractivity contribution in [3.63, 3.8) is 0 Å². The van der Waals surface area contributed by atoms with Gasteiger partial charge in [0.25, 0.3) is 5.91 Å². The summed E-state index contributed by atoms with van der Waals surface area (Å²) in [7, 11) is 6.95. The fourth-order valence-electron chi connectivity index (χ4n) is 5.56. The van der Waals surface area contributed by atoms with Gasteiger partial charge in [-0.3, -0.25) is 24.2 Å². The number of benzene rings is 5. The lowest BCUT2D eigenvalue weighted by atomic mass is 10.2. The van der Waals surface area contributed by atoms with Crippen LogP contribution in [0, 0.1) is 0 Å². The van der Waals surface area contributed by atoms with E-state index in [9.17, 15) is 19.2 Å². The molecule has 278 valence electrons. The van der Waals surface area contributed by atoms with Crippen molar-refractivity contribution < 1.29 is 28.7 Å². The number of hydrogen-bond donors (Lipinski definition) is 1. The number of urea groups is 1. The zero-order chi connectivity index (χ0) is 38.6. The van der Waals surface area contributed by atoms with Crippen LogP contribution in [-0.4, -0.2) is 76.5 Å². The van der Waals surface area contributed by atoms with E-state index in [0.717, 1.165) is 11.3 Å². The minimum atomic E-state index is -0.708. The number of likely N-dealkylation sites (N-methyl/N-ethyl adjacent to an activating group) is 2. The number of nitrogens with two attached hydrogens (primary N) is 1. The lowest BCUT2D eigenvalue weighted by Crippen LogP contribution is -2.48. The second-order valence-corrected chi connectivity index (χ2v) is 12.7. The van der Waals surface area contributed by atoms with Crippen molar-refractivity contribution in [3.8, 4) is 11.5 Å². The molecule has 2 N–H and O–H groups in total. The molecule has 0 heterocycles. The van der Waals surface area contributed by atoms with Gasteiger partial charge >= 0.3 is 6.03 Å². The summed E-state index contributed by atoms with van der Waals surface area (Å²) in [6, 6.07) is 39.4. The smallest absolute Gasteiger partial charge is 0.329 e. The van der Waals surface area contributed by atoms with Crippen molar-refractivity contribution in [2.24, 2.45) is 5.73 Å². The number of primary amides is 1. The Labute approximate surface area is 315 Å². The van der Waals surface area contributed by atoms with Crippen LogP contribution in [0.25, 0.3) is 0 Å². The summed E-state index contributed by atoms with van der Waals surface area (Å²) >= 11 is 0. The van der Waals surface area contributed by atoms with E-state index in [0.29, 0.717) is 29.4 Å². The molecule has 0 bridgehead atoms. The van der Waals surface area contributed by atoms with Crippen molar-refractivity contribution >= 4 is 52.2 Å². The first-order chi connectivity index (χ1) is 26.0. The maximum absolute atomic E-state index is 14.5. The fraction of sp³-hybridized carbons (Fsp3) is 0.190. The van der Waals surface area contributed by atoms with Crippen LogP contribution in [0.3, 0.4) is 0 Å². The van der Waals surface area contributed by atoms with Crippen LogP contribution in [0.1, 0.15) is 5.56 Å². The molecule has 5 aromatic rings. The highest BCUT2D eigenvalue weighted by molar-refractivity contribution is 6.07. The van der Waals surface area contributed by atoms with Crippen LogP contribution in [0.15, 0.2) is 133 Å². The molecule has 0 aliphatic heterocycles. The Hall–Kier alpha value is -6.82. The van der Waals surface area contributed by atoms with Crippen molar-refractivity contribution in [1.82, 2.24) is 4.90 Å². The van der Waals surface area contributed by atoms with Crippen LogP contribution in [0.2, 0.25) is 0 Å². The quantitative estimate of drug-likeness (QED) is 0.138. The highest BCUT2D eigenvalue weighted by Crippen LogP contribution is 2.33. The fourth-order valence-corrected chi connectivity index (χ4v) is 5.56. The van der Waals surface area contributed by atoms with Gasteiger partial charge in [0.2, 0.25) is 11.8 Å². The molecule has 0 saturated carbocycles. The van der Waals surface area contributed by atoms with Crippen LogP contribution in [-0.2, 0) is 21.0 Å². The molecular formula is C42H44N6O6. The summed E-state index contributed by atoms with van der Waals surface area (Å²) in [5.41, 5.74) is 9.15. The summed E-state index contributed by atoms with van der Waals surface area (Å²) in [6.07, 6.45) is 0. The number of ether oxygens (including phenoxy) is 2. The number of nitrogens with zero attached hydrogens (tertiary/aromatic N) is 5. The normalized spacial score (nSPS) is 10.5. The van der Waals surface area contributed by atoms with Gasteiger partial charge in [0.05, 0.1) is 17.1 Å². The SMILES string of the molecule is CN(CC(=O)N(CC(=O)N(C)c1ccccc1)c1ccccc1OCC(N)=O)C(=O)N(c1cccc(OCc2ccccc2)c1)c1cccc(N(C)C)c1. The monoisotopic (exact) mass is 728 g/mol. The number of amides is 5. The first kappa shape index (κ1) is 38.4. The Morgan fingerprint density at radius 2 is 1.19 bits per heavy atom. The van der Waals surface area contributed by atoms with E-state index < -0.39 is 43.4 Å². The van der Waals surface area contributed by atoms with Crippen LogP contribution in [0.4, 0.5) is 33.2 Å². The van der Waals surface area contributed by atoms with E-state index in [1.165, 1.54) is 26.6 Å².